The van der Waals surface area contributed by atoms with E-state index in [-0.39, 0.29) is 42.4 Å². The molecule has 2 aromatic rings. The zero-order valence-corrected chi connectivity index (χ0v) is 21.1. The second kappa shape index (κ2) is 13.1. The molecule has 0 radical (unpaired) electrons. The quantitative estimate of drug-likeness (QED) is 0.299. The van der Waals surface area contributed by atoms with E-state index in [1.54, 1.807) is 14.2 Å². The van der Waals surface area contributed by atoms with Crippen molar-refractivity contribution in [2.45, 2.75) is 25.8 Å². The SMILES string of the molecule is COc1ccc(CN=C(N)NCC(=O)N2CCC(Cc3ccccc3)CC2)cc1OC.I. The van der Waals surface area contributed by atoms with Crippen LogP contribution < -0.4 is 20.5 Å². The van der Waals surface area contributed by atoms with Crippen LogP contribution in [0.15, 0.2) is 53.5 Å². The summed E-state index contributed by atoms with van der Waals surface area (Å²) in [7, 11) is 3.19. The highest BCUT2D eigenvalue weighted by atomic mass is 127. The minimum absolute atomic E-state index is 0. The molecule has 1 saturated heterocycles. The van der Waals surface area contributed by atoms with Crippen LogP contribution in [0.5, 0.6) is 11.5 Å². The average Bonchev–Trinajstić information content (AvgIpc) is 2.82. The van der Waals surface area contributed by atoms with Gasteiger partial charge in [0.2, 0.25) is 5.91 Å². The van der Waals surface area contributed by atoms with E-state index < -0.39 is 0 Å². The number of carbonyl (C=O) groups is 1. The van der Waals surface area contributed by atoms with Gasteiger partial charge < -0.3 is 25.4 Å². The first kappa shape index (κ1) is 25.8. The Bertz CT molecular complexity index is 884. The molecule has 8 heteroatoms. The second-order valence-electron chi connectivity index (χ2n) is 7.76. The Balaban J connectivity index is 0.00000363. The van der Waals surface area contributed by atoms with Gasteiger partial charge in [0.25, 0.3) is 0 Å². The summed E-state index contributed by atoms with van der Waals surface area (Å²) in [6.07, 6.45) is 3.14. The lowest BCUT2D eigenvalue weighted by atomic mass is 9.90. The second-order valence-corrected chi connectivity index (χ2v) is 7.76. The van der Waals surface area contributed by atoms with E-state index in [0.717, 1.165) is 37.9 Å². The Morgan fingerprint density at radius 2 is 1.75 bits per heavy atom. The summed E-state index contributed by atoms with van der Waals surface area (Å²) in [5, 5.41) is 2.93. The van der Waals surface area contributed by atoms with Crippen LogP contribution in [0, 0.1) is 5.92 Å². The first-order valence-corrected chi connectivity index (χ1v) is 10.7. The van der Waals surface area contributed by atoms with Gasteiger partial charge in [-0.1, -0.05) is 36.4 Å². The Hall–Kier alpha value is -2.49. The van der Waals surface area contributed by atoms with E-state index >= 15 is 0 Å². The highest BCUT2D eigenvalue weighted by Crippen LogP contribution is 2.27. The van der Waals surface area contributed by atoms with Gasteiger partial charge in [-0.15, -0.1) is 24.0 Å². The number of methoxy groups -OCH3 is 2. The van der Waals surface area contributed by atoms with Crippen molar-refractivity contribution in [1.29, 1.82) is 0 Å². The standard InChI is InChI=1S/C24H32N4O3.HI/c1-30-21-9-8-20(15-22(21)31-2)16-26-24(25)27-17-23(29)28-12-10-19(11-13-28)14-18-6-4-3-5-7-18;/h3-9,15,19H,10-14,16-17H2,1-2H3,(H3,25,26,27);1H. The van der Waals surface area contributed by atoms with Gasteiger partial charge in [-0.05, 0) is 48.4 Å². The predicted molar refractivity (Wildman–Crippen MR) is 138 cm³/mol. The molecule has 2 aromatic carbocycles. The molecule has 1 heterocycles. The van der Waals surface area contributed by atoms with E-state index in [1.807, 2.05) is 29.2 Å². The van der Waals surface area contributed by atoms with Crippen LogP contribution in [-0.4, -0.2) is 50.6 Å². The van der Waals surface area contributed by atoms with Crippen LogP contribution in [0.4, 0.5) is 0 Å². The van der Waals surface area contributed by atoms with Gasteiger partial charge in [-0.2, -0.15) is 0 Å². The largest absolute Gasteiger partial charge is 0.493 e. The molecule has 3 N–H and O–H groups in total. The molecule has 1 aliphatic heterocycles. The number of piperidine rings is 1. The number of nitrogens with zero attached hydrogens (tertiary/aromatic N) is 2. The lowest BCUT2D eigenvalue weighted by Gasteiger charge is -2.32. The van der Waals surface area contributed by atoms with Crippen molar-refractivity contribution < 1.29 is 14.3 Å². The van der Waals surface area contributed by atoms with E-state index in [4.69, 9.17) is 15.2 Å². The molecule has 3 rings (SSSR count). The number of nitrogens with two attached hydrogens (primary N) is 1. The number of hydrogen-bond donors (Lipinski definition) is 2. The van der Waals surface area contributed by atoms with Gasteiger partial charge >= 0.3 is 0 Å². The zero-order valence-electron chi connectivity index (χ0n) is 18.8. The molecule has 1 amide bonds. The van der Waals surface area contributed by atoms with Crippen molar-refractivity contribution in [2.24, 2.45) is 16.6 Å². The molecule has 32 heavy (non-hydrogen) atoms. The Kier molecular flexibility index (Phi) is 10.6. The third kappa shape index (κ3) is 7.58. The number of ether oxygens (including phenoxy) is 2. The molecule has 0 aromatic heterocycles. The van der Waals surface area contributed by atoms with Crippen LogP contribution in [0.2, 0.25) is 0 Å². The summed E-state index contributed by atoms with van der Waals surface area (Å²) in [5.74, 6) is 2.25. The molecule has 1 fully saturated rings. The van der Waals surface area contributed by atoms with Crippen LogP contribution in [0.1, 0.15) is 24.0 Å². The molecule has 7 nitrogen and oxygen atoms in total. The van der Waals surface area contributed by atoms with E-state index in [0.29, 0.717) is 24.0 Å². The number of rotatable bonds is 8. The number of hydrogen-bond acceptors (Lipinski definition) is 4. The Morgan fingerprint density at radius 3 is 2.41 bits per heavy atom. The molecule has 0 bridgehead atoms. The Morgan fingerprint density at radius 1 is 1.06 bits per heavy atom. The molecule has 174 valence electrons. The smallest absolute Gasteiger partial charge is 0.241 e. The van der Waals surface area contributed by atoms with Crippen LogP contribution >= 0.6 is 24.0 Å². The van der Waals surface area contributed by atoms with Crippen molar-refractivity contribution >= 4 is 35.8 Å². The lowest BCUT2D eigenvalue weighted by Crippen LogP contribution is -2.45. The maximum atomic E-state index is 12.5. The van der Waals surface area contributed by atoms with Gasteiger partial charge in [0.05, 0.1) is 27.3 Å². The van der Waals surface area contributed by atoms with Crippen molar-refractivity contribution in [3.8, 4) is 11.5 Å². The number of nitrogens with one attached hydrogen (secondary N) is 1. The molecule has 0 atom stereocenters. The number of carbonyl (C=O) groups excluding carboxylic acids is 1. The summed E-state index contributed by atoms with van der Waals surface area (Å²) >= 11 is 0. The summed E-state index contributed by atoms with van der Waals surface area (Å²) in [4.78, 5) is 18.7. The van der Waals surface area contributed by atoms with E-state index in [9.17, 15) is 4.79 Å². The van der Waals surface area contributed by atoms with E-state index in [1.165, 1.54) is 5.56 Å². The molecular formula is C24H33IN4O3. The minimum atomic E-state index is 0. The van der Waals surface area contributed by atoms with Gasteiger partial charge in [0.15, 0.2) is 17.5 Å². The normalized spacial score (nSPS) is 14.4. The molecule has 0 unspecified atom stereocenters. The monoisotopic (exact) mass is 552 g/mol. The zero-order chi connectivity index (χ0) is 22.1. The lowest BCUT2D eigenvalue weighted by molar-refractivity contribution is -0.131. The third-order valence-corrected chi connectivity index (χ3v) is 5.64. The molecule has 0 spiro atoms. The highest BCUT2D eigenvalue weighted by Gasteiger charge is 2.22. The molecule has 1 aliphatic rings. The molecular weight excluding hydrogens is 519 g/mol. The average molecular weight is 552 g/mol. The summed E-state index contributed by atoms with van der Waals surface area (Å²) in [6.45, 7) is 2.13. The Labute approximate surface area is 207 Å². The number of guanidine groups is 1. The topological polar surface area (TPSA) is 89.2 Å². The van der Waals surface area contributed by atoms with Crippen LogP contribution in [0.25, 0.3) is 0 Å². The molecule has 0 saturated carbocycles. The van der Waals surface area contributed by atoms with Crippen molar-refractivity contribution in [3.05, 3.63) is 59.7 Å². The molecule has 0 aliphatic carbocycles. The summed E-state index contributed by atoms with van der Waals surface area (Å²) in [5.41, 5.74) is 8.25. The number of benzene rings is 2. The maximum Gasteiger partial charge on any atom is 0.241 e. The van der Waals surface area contributed by atoms with Gasteiger partial charge in [-0.25, -0.2) is 4.99 Å². The van der Waals surface area contributed by atoms with Gasteiger partial charge in [0, 0.05) is 13.1 Å². The number of aliphatic imine (C=N–C) groups is 1. The van der Waals surface area contributed by atoms with Gasteiger partial charge in [0.1, 0.15) is 0 Å². The minimum Gasteiger partial charge on any atom is -0.493 e. The summed E-state index contributed by atoms with van der Waals surface area (Å²) < 4.78 is 10.5. The van der Waals surface area contributed by atoms with Crippen molar-refractivity contribution in [3.63, 3.8) is 0 Å². The van der Waals surface area contributed by atoms with E-state index in [2.05, 4.69) is 34.6 Å². The maximum absolute atomic E-state index is 12.5. The fourth-order valence-electron chi connectivity index (χ4n) is 3.82. The highest BCUT2D eigenvalue weighted by molar-refractivity contribution is 14.0. The first-order chi connectivity index (χ1) is 15.1. The summed E-state index contributed by atoms with van der Waals surface area (Å²) in [6, 6.07) is 16.1. The first-order valence-electron chi connectivity index (χ1n) is 10.7. The van der Waals surface area contributed by atoms with Crippen molar-refractivity contribution in [1.82, 2.24) is 10.2 Å². The number of likely N-dealkylation sites (tertiary alicyclic amines) is 1. The van der Waals surface area contributed by atoms with Crippen molar-refractivity contribution in [2.75, 3.05) is 33.9 Å². The predicted octanol–water partition coefficient (Wildman–Crippen LogP) is 3.21. The van der Waals surface area contributed by atoms with Crippen LogP contribution in [0.3, 0.4) is 0 Å². The van der Waals surface area contributed by atoms with Gasteiger partial charge in [-0.3, -0.25) is 4.79 Å². The van der Waals surface area contributed by atoms with Crippen LogP contribution in [-0.2, 0) is 17.8 Å². The number of halogens is 1. The fraction of sp³-hybridized carbons (Fsp3) is 0.417. The third-order valence-electron chi connectivity index (χ3n) is 5.64. The number of amides is 1. The fourth-order valence-corrected chi connectivity index (χ4v) is 3.82.